The number of hydrogen-bond acceptors (Lipinski definition) is 2. The summed E-state index contributed by atoms with van der Waals surface area (Å²) in [6.45, 7) is 9.56. The van der Waals surface area contributed by atoms with Crippen molar-refractivity contribution in [3.8, 4) is 0 Å². The highest BCUT2D eigenvalue weighted by Crippen LogP contribution is 2.43. The van der Waals surface area contributed by atoms with Crippen molar-refractivity contribution in [2.24, 2.45) is 11.3 Å². The Morgan fingerprint density at radius 2 is 2.15 bits per heavy atom. The second kappa shape index (κ2) is 6.18. The highest BCUT2D eigenvalue weighted by molar-refractivity contribution is 9.10. The van der Waals surface area contributed by atoms with Crippen LogP contribution >= 0.6 is 15.9 Å². The van der Waals surface area contributed by atoms with Crippen LogP contribution in [0.25, 0.3) is 0 Å². The second-order valence-corrected chi connectivity index (χ2v) is 7.57. The first kappa shape index (κ1) is 16.0. The molecule has 1 heterocycles. The van der Waals surface area contributed by atoms with Gasteiger partial charge in [-0.3, -0.25) is 4.68 Å². The predicted molar refractivity (Wildman–Crippen MR) is 85.8 cm³/mol. The number of aliphatic hydroxyl groups excluding tert-OH is 1. The lowest BCUT2D eigenvalue weighted by molar-refractivity contribution is 0.00469. The molecule has 0 radical (unpaired) electrons. The third kappa shape index (κ3) is 3.11. The maximum Gasteiger partial charge on any atom is 0.0738 e. The molecule has 0 bridgehead atoms. The van der Waals surface area contributed by atoms with Crippen molar-refractivity contribution >= 4 is 15.9 Å². The molecular weight excluding hydrogens is 316 g/mol. The number of aromatic nitrogens is 2. The zero-order chi connectivity index (χ0) is 14.9. The Morgan fingerprint density at radius 3 is 2.75 bits per heavy atom. The van der Waals surface area contributed by atoms with Crippen LogP contribution in [0.4, 0.5) is 0 Å². The number of aryl methyl sites for hydroxylation is 2. The van der Waals surface area contributed by atoms with Crippen molar-refractivity contribution < 1.29 is 5.11 Å². The van der Waals surface area contributed by atoms with Crippen LogP contribution in [0.5, 0.6) is 0 Å². The van der Waals surface area contributed by atoms with Gasteiger partial charge in [-0.25, -0.2) is 0 Å². The van der Waals surface area contributed by atoms with Crippen molar-refractivity contribution in [3.63, 3.8) is 0 Å². The minimum absolute atomic E-state index is 0.246. The predicted octanol–water partition coefficient (Wildman–Crippen LogP) is 4.09. The van der Waals surface area contributed by atoms with Crippen molar-refractivity contribution in [1.29, 1.82) is 0 Å². The van der Waals surface area contributed by atoms with Crippen LogP contribution in [0.15, 0.2) is 4.47 Å². The van der Waals surface area contributed by atoms with Crippen LogP contribution < -0.4 is 0 Å². The fourth-order valence-corrected chi connectivity index (χ4v) is 4.08. The second-order valence-electron chi connectivity index (χ2n) is 6.77. The summed E-state index contributed by atoms with van der Waals surface area (Å²) < 4.78 is 3.07. The monoisotopic (exact) mass is 342 g/mol. The molecule has 114 valence electrons. The molecule has 1 fully saturated rings. The topological polar surface area (TPSA) is 38.0 Å². The Hall–Kier alpha value is -0.350. The molecule has 4 heteroatoms. The van der Waals surface area contributed by atoms with E-state index in [9.17, 15) is 5.11 Å². The lowest BCUT2D eigenvalue weighted by atomic mass is 9.66. The fourth-order valence-electron chi connectivity index (χ4n) is 3.64. The SMILES string of the molecule is CCn1nc(C)c(Br)c1CC(O)C1CCCCC1(C)C. The van der Waals surface area contributed by atoms with Crippen molar-refractivity contribution in [1.82, 2.24) is 9.78 Å². The highest BCUT2D eigenvalue weighted by Gasteiger charge is 2.37. The van der Waals surface area contributed by atoms with E-state index < -0.39 is 0 Å². The molecule has 2 unspecified atom stereocenters. The molecule has 1 aliphatic rings. The summed E-state index contributed by atoms with van der Waals surface area (Å²) in [5, 5.41) is 15.3. The van der Waals surface area contributed by atoms with Gasteiger partial charge < -0.3 is 5.11 Å². The maximum absolute atomic E-state index is 10.8. The van der Waals surface area contributed by atoms with Crippen LogP contribution in [-0.4, -0.2) is 21.0 Å². The van der Waals surface area contributed by atoms with E-state index in [1.165, 1.54) is 19.3 Å². The van der Waals surface area contributed by atoms with Gasteiger partial charge in [0, 0.05) is 13.0 Å². The van der Waals surface area contributed by atoms with Crippen molar-refractivity contribution in [2.45, 2.75) is 72.4 Å². The lowest BCUT2D eigenvalue weighted by Crippen LogP contribution is -2.38. The first-order chi connectivity index (χ1) is 9.36. The van der Waals surface area contributed by atoms with Gasteiger partial charge in [-0.2, -0.15) is 5.10 Å². The van der Waals surface area contributed by atoms with Crippen LogP contribution in [-0.2, 0) is 13.0 Å². The van der Waals surface area contributed by atoms with Gasteiger partial charge in [0.05, 0.1) is 22.0 Å². The van der Waals surface area contributed by atoms with Crippen LogP contribution in [0.1, 0.15) is 57.8 Å². The molecule has 0 amide bonds. The third-order valence-corrected chi connectivity index (χ3v) is 5.94. The molecule has 1 aromatic rings. The summed E-state index contributed by atoms with van der Waals surface area (Å²) in [5.41, 5.74) is 2.40. The lowest BCUT2D eigenvalue weighted by Gasteiger charge is -2.41. The van der Waals surface area contributed by atoms with Gasteiger partial charge in [-0.15, -0.1) is 0 Å². The molecule has 1 aromatic heterocycles. The van der Waals surface area contributed by atoms with Gasteiger partial charge in [0.2, 0.25) is 0 Å². The molecular formula is C16H27BrN2O. The molecule has 1 N–H and O–H groups in total. The van der Waals surface area contributed by atoms with Crippen molar-refractivity contribution in [2.75, 3.05) is 0 Å². The van der Waals surface area contributed by atoms with Crippen LogP contribution in [0.2, 0.25) is 0 Å². The minimum atomic E-state index is -0.275. The van der Waals surface area contributed by atoms with E-state index in [1.807, 2.05) is 11.6 Å². The standard InChI is InChI=1S/C16H27BrN2O/c1-5-19-13(15(17)11(2)18-19)10-14(20)12-8-6-7-9-16(12,3)4/h12,14,20H,5-10H2,1-4H3. The third-order valence-electron chi connectivity index (χ3n) is 4.91. The van der Waals surface area contributed by atoms with E-state index in [2.05, 4.69) is 41.8 Å². The number of aliphatic hydroxyl groups is 1. The van der Waals surface area contributed by atoms with Gasteiger partial charge in [0.25, 0.3) is 0 Å². The molecule has 2 atom stereocenters. The van der Waals surface area contributed by atoms with E-state index in [4.69, 9.17) is 0 Å². The Morgan fingerprint density at radius 1 is 1.45 bits per heavy atom. The number of hydrogen-bond donors (Lipinski definition) is 1. The molecule has 0 spiro atoms. The summed E-state index contributed by atoms with van der Waals surface area (Å²) >= 11 is 3.63. The first-order valence-corrected chi connectivity index (χ1v) is 8.56. The number of nitrogens with zero attached hydrogens (tertiary/aromatic N) is 2. The molecule has 0 aromatic carbocycles. The largest absolute Gasteiger partial charge is 0.392 e. The summed E-state index contributed by atoms with van der Waals surface area (Å²) in [6, 6.07) is 0. The van der Waals surface area contributed by atoms with E-state index >= 15 is 0 Å². The quantitative estimate of drug-likeness (QED) is 0.894. The fraction of sp³-hybridized carbons (Fsp3) is 0.812. The summed E-state index contributed by atoms with van der Waals surface area (Å²) in [6.07, 6.45) is 5.34. The summed E-state index contributed by atoms with van der Waals surface area (Å²) in [5.74, 6) is 0.392. The summed E-state index contributed by atoms with van der Waals surface area (Å²) in [4.78, 5) is 0. The molecule has 1 aliphatic carbocycles. The zero-order valence-corrected chi connectivity index (χ0v) is 14.7. The molecule has 0 aliphatic heterocycles. The minimum Gasteiger partial charge on any atom is -0.392 e. The average molecular weight is 343 g/mol. The normalized spacial score (nSPS) is 23.8. The molecule has 0 saturated heterocycles. The van der Waals surface area contributed by atoms with Gasteiger partial charge in [0.15, 0.2) is 0 Å². The Kier molecular flexibility index (Phi) is 4.96. The van der Waals surface area contributed by atoms with E-state index in [0.29, 0.717) is 12.3 Å². The van der Waals surface area contributed by atoms with Crippen LogP contribution in [0.3, 0.4) is 0 Å². The molecule has 20 heavy (non-hydrogen) atoms. The maximum atomic E-state index is 10.8. The van der Waals surface area contributed by atoms with Crippen molar-refractivity contribution in [3.05, 3.63) is 15.9 Å². The number of rotatable bonds is 4. The Labute approximate surface area is 130 Å². The molecule has 3 nitrogen and oxygen atoms in total. The number of halogens is 1. The van der Waals surface area contributed by atoms with E-state index in [-0.39, 0.29) is 11.5 Å². The van der Waals surface area contributed by atoms with Crippen LogP contribution in [0, 0.1) is 18.3 Å². The first-order valence-electron chi connectivity index (χ1n) is 7.76. The van der Waals surface area contributed by atoms with Gasteiger partial charge in [-0.05, 0) is 54.0 Å². The molecule has 1 saturated carbocycles. The van der Waals surface area contributed by atoms with Gasteiger partial charge in [-0.1, -0.05) is 26.7 Å². The van der Waals surface area contributed by atoms with Gasteiger partial charge >= 0.3 is 0 Å². The molecule has 2 rings (SSSR count). The van der Waals surface area contributed by atoms with Gasteiger partial charge in [0.1, 0.15) is 0 Å². The summed E-state index contributed by atoms with van der Waals surface area (Å²) in [7, 11) is 0. The smallest absolute Gasteiger partial charge is 0.0738 e. The van der Waals surface area contributed by atoms with E-state index in [1.54, 1.807) is 0 Å². The zero-order valence-electron chi connectivity index (χ0n) is 13.1. The average Bonchev–Trinajstić information content (AvgIpc) is 2.65. The Bertz CT molecular complexity index is 467. The highest BCUT2D eigenvalue weighted by atomic mass is 79.9. The Balaban J connectivity index is 2.17. The van der Waals surface area contributed by atoms with E-state index in [0.717, 1.165) is 28.8 Å².